The Morgan fingerprint density at radius 1 is 0.786 bits per heavy atom. The van der Waals surface area contributed by atoms with Crippen molar-refractivity contribution in [1.82, 2.24) is 0 Å². The van der Waals surface area contributed by atoms with Crippen LogP contribution in [0.5, 0.6) is 0 Å². The zero-order valence-electron chi connectivity index (χ0n) is 19.1. The average Bonchev–Trinajstić information content (AvgIpc) is 2.67. The second-order valence-electron chi connectivity index (χ2n) is 8.96. The molecule has 1 rings (SSSR count). The molecule has 160 valence electrons. The van der Waals surface area contributed by atoms with Crippen LogP contribution in [0.3, 0.4) is 0 Å². The Labute approximate surface area is 174 Å². The Morgan fingerprint density at radius 2 is 1.29 bits per heavy atom. The van der Waals surface area contributed by atoms with Crippen molar-refractivity contribution in [2.75, 3.05) is 0 Å². The molecule has 0 aromatic heterocycles. The maximum absolute atomic E-state index is 10.4. The summed E-state index contributed by atoms with van der Waals surface area (Å²) in [5, 5.41) is 0. The van der Waals surface area contributed by atoms with E-state index in [0.29, 0.717) is 12.3 Å². The minimum Gasteiger partial charge on any atom is -0.303 e. The van der Waals surface area contributed by atoms with Gasteiger partial charge in [-0.15, -0.1) is 0 Å². The van der Waals surface area contributed by atoms with E-state index in [0.717, 1.165) is 25.4 Å². The summed E-state index contributed by atoms with van der Waals surface area (Å²) in [4.78, 5) is 20.4. The number of hydrogen-bond acceptors (Lipinski definition) is 2. The molecule has 0 N–H and O–H groups in total. The molecule has 0 saturated carbocycles. The molecule has 1 aromatic rings. The lowest BCUT2D eigenvalue weighted by molar-refractivity contribution is -0.108. The van der Waals surface area contributed by atoms with E-state index in [9.17, 15) is 9.59 Å². The lowest BCUT2D eigenvalue weighted by Crippen LogP contribution is -2.10. The maximum atomic E-state index is 10.4. The van der Waals surface area contributed by atoms with E-state index in [1.165, 1.54) is 62.5 Å². The van der Waals surface area contributed by atoms with E-state index < -0.39 is 0 Å². The van der Waals surface area contributed by atoms with Crippen molar-refractivity contribution < 1.29 is 9.59 Å². The summed E-state index contributed by atoms with van der Waals surface area (Å²) < 4.78 is 0. The first-order chi connectivity index (χ1) is 13.4. The summed E-state index contributed by atoms with van der Waals surface area (Å²) in [5.74, 6) is 0.330. The molecule has 0 bridgehead atoms. The first-order valence-electron chi connectivity index (χ1n) is 11.3. The first kappa shape index (κ1) is 26.6. The zero-order valence-corrected chi connectivity index (χ0v) is 19.1. The zero-order chi connectivity index (χ0) is 21.3. The summed E-state index contributed by atoms with van der Waals surface area (Å²) in [6.07, 6.45) is 15.3. The van der Waals surface area contributed by atoms with Crippen LogP contribution in [0.2, 0.25) is 0 Å². The average molecular weight is 389 g/mol. The van der Waals surface area contributed by atoms with Gasteiger partial charge in [-0.2, -0.15) is 0 Å². The van der Waals surface area contributed by atoms with Crippen molar-refractivity contribution >= 4 is 12.6 Å². The van der Waals surface area contributed by atoms with E-state index >= 15 is 0 Å². The van der Waals surface area contributed by atoms with Gasteiger partial charge in [0.25, 0.3) is 0 Å². The van der Waals surface area contributed by atoms with Crippen LogP contribution in [0.25, 0.3) is 0 Å². The fourth-order valence-electron chi connectivity index (χ4n) is 3.13. The van der Waals surface area contributed by atoms with Gasteiger partial charge in [-0.05, 0) is 28.9 Å². The van der Waals surface area contributed by atoms with Gasteiger partial charge >= 0.3 is 0 Å². The third-order valence-corrected chi connectivity index (χ3v) is 5.22. The van der Waals surface area contributed by atoms with Gasteiger partial charge in [-0.1, -0.05) is 110 Å². The van der Waals surface area contributed by atoms with Crippen LogP contribution in [0.4, 0.5) is 0 Å². The van der Waals surface area contributed by atoms with Gasteiger partial charge in [0.1, 0.15) is 12.6 Å². The molecule has 0 radical (unpaired) electrons. The second-order valence-corrected chi connectivity index (χ2v) is 8.96. The molecule has 0 aliphatic heterocycles. The lowest BCUT2D eigenvalue weighted by Gasteiger charge is -2.19. The van der Waals surface area contributed by atoms with E-state index in [1.807, 2.05) is 0 Å². The highest BCUT2D eigenvalue weighted by Crippen LogP contribution is 2.25. The predicted octanol–water partition coefficient (Wildman–Crippen LogP) is 7.78. The summed E-state index contributed by atoms with van der Waals surface area (Å²) >= 11 is 0. The smallest absolute Gasteiger partial charge is 0.120 e. The van der Waals surface area contributed by atoms with Crippen molar-refractivity contribution in [3.8, 4) is 0 Å². The summed E-state index contributed by atoms with van der Waals surface area (Å²) in [7, 11) is 0. The molecule has 0 amide bonds. The van der Waals surface area contributed by atoms with Crippen LogP contribution < -0.4 is 0 Å². The summed E-state index contributed by atoms with van der Waals surface area (Å²) in [6.45, 7) is 10.9. The van der Waals surface area contributed by atoms with E-state index in [4.69, 9.17) is 0 Å². The van der Waals surface area contributed by atoms with Crippen LogP contribution >= 0.6 is 0 Å². The third-order valence-electron chi connectivity index (χ3n) is 5.22. The quantitative estimate of drug-likeness (QED) is 0.255. The van der Waals surface area contributed by atoms with Gasteiger partial charge in [0.2, 0.25) is 0 Å². The third kappa shape index (κ3) is 13.7. The van der Waals surface area contributed by atoms with Crippen LogP contribution in [-0.4, -0.2) is 12.6 Å². The van der Waals surface area contributed by atoms with Gasteiger partial charge in [0, 0.05) is 12.8 Å². The van der Waals surface area contributed by atoms with Crippen LogP contribution in [0, 0.1) is 0 Å². The molecular weight excluding hydrogens is 344 g/mol. The molecule has 1 atom stereocenters. The van der Waals surface area contributed by atoms with Crippen molar-refractivity contribution in [3.05, 3.63) is 35.4 Å². The van der Waals surface area contributed by atoms with Gasteiger partial charge in [0.15, 0.2) is 0 Å². The molecule has 0 saturated heterocycles. The molecule has 0 aliphatic rings. The van der Waals surface area contributed by atoms with Crippen molar-refractivity contribution in [2.24, 2.45) is 0 Å². The normalized spacial score (nSPS) is 12.0. The number of aldehydes is 2. The number of unbranched alkanes of at least 4 members (excludes halogenated alkanes) is 9. The molecule has 28 heavy (non-hydrogen) atoms. The van der Waals surface area contributed by atoms with Crippen molar-refractivity contribution in [3.63, 3.8) is 0 Å². The molecule has 0 spiro atoms. The molecule has 0 fully saturated rings. The number of carbonyl (C=O) groups is 2. The predicted molar refractivity (Wildman–Crippen MR) is 122 cm³/mol. The standard InChI is InChI=1S/C14H20O.C12H24O/c1-11(9-10-15)12-5-7-13(8-6-12)14(2,3)4;1-2-3-4-5-6-7-8-9-10-11-12-13/h5-8,10-11H,9H2,1-4H3;12H,2-11H2,1H3. The number of hydrogen-bond donors (Lipinski definition) is 0. The molecule has 1 unspecified atom stereocenters. The molecule has 0 heterocycles. The number of carbonyl (C=O) groups excluding carboxylic acids is 2. The molecule has 2 nitrogen and oxygen atoms in total. The minimum absolute atomic E-state index is 0.201. The SMILES string of the molecule is CC(CC=O)c1ccc(C(C)(C)C)cc1.CCCCCCCCCCCC=O. The Balaban J connectivity index is 0.000000528. The second kappa shape index (κ2) is 16.5. The van der Waals surface area contributed by atoms with E-state index in [1.54, 1.807) is 0 Å². The topological polar surface area (TPSA) is 34.1 Å². The van der Waals surface area contributed by atoms with Gasteiger partial charge in [-0.3, -0.25) is 0 Å². The van der Waals surface area contributed by atoms with Gasteiger partial charge in [0.05, 0.1) is 0 Å². The first-order valence-corrected chi connectivity index (χ1v) is 11.3. The monoisotopic (exact) mass is 388 g/mol. The fourth-order valence-corrected chi connectivity index (χ4v) is 3.13. The number of rotatable bonds is 13. The maximum Gasteiger partial charge on any atom is 0.120 e. The van der Waals surface area contributed by atoms with Crippen LogP contribution in [0.15, 0.2) is 24.3 Å². The largest absolute Gasteiger partial charge is 0.303 e. The van der Waals surface area contributed by atoms with E-state index in [-0.39, 0.29) is 5.41 Å². The fraction of sp³-hybridized carbons (Fsp3) is 0.692. The van der Waals surface area contributed by atoms with Crippen LogP contribution in [0.1, 0.15) is 122 Å². The molecule has 0 aliphatic carbocycles. The molecule has 1 aromatic carbocycles. The van der Waals surface area contributed by atoms with Crippen molar-refractivity contribution in [1.29, 1.82) is 0 Å². The molecular formula is C26H44O2. The Morgan fingerprint density at radius 3 is 1.71 bits per heavy atom. The van der Waals surface area contributed by atoms with E-state index in [2.05, 4.69) is 58.9 Å². The van der Waals surface area contributed by atoms with Crippen LogP contribution in [-0.2, 0) is 15.0 Å². The Bertz CT molecular complexity index is 496. The van der Waals surface area contributed by atoms with Crippen molar-refractivity contribution in [2.45, 2.75) is 117 Å². The highest BCUT2D eigenvalue weighted by Gasteiger charge is 2.13. The van der Waals surface area contributed by atoms with Gasteiger partial charge < -0.3 is 9.59 Å². The lowest BCUT2D eigenvalue weighted by atomic mass is 9.85. The molecule has 2 heteroatoms. The highest BCUT2D eigenvalue weighted by atomic mass is 16.1. The van der Waals surface area contributed by atoms with Gasteiger partial charge in [-0.25, -0.2) is 0 Å². The highest BCUT2D eigenvalue weighted by molar-refractivity contribution is 5.51. The Kier molecular flexibility index (Phi) is 15.7. The number of benzene rings is 1. The summed E-state index contributed by atoms with van der Waals surface area (Å²) in [5.41, 5.74) is 2.78. The minimum atomic E-state index is 0.201. The Hall–Kier alpha value is -1.44. The summed E-state index contributed by atoms with van der Waals surface area (Å²) in [6, 6.07) is 8.59.